The average Bonchev–Trinajstić information content (AvgIpc) is 3.12. The standard InChI is InChI=1S/C20H30N4O3/c1-14(2)11-16(13-25)23-24-10-6-9-18(24)20(27)19(26)17(22-21)12-15-7-4-3-5-8-15/h3-5,7-8,13-14,16-18,22-23H,6,9-12,21H2,1-2H3/t16-,17-,18-/m0/s1. The van der Waals surface area contributed by atoms with Gasteiger partial charge in [-0.2, -0.15) is 0 Å². The van der Waals surface area contributed by atoms with Gasteiger partial charge >= 0.3 is 0 Å². The lowest BCUT2D eigenvalue weighted by Gasteiger charge is -2.28. The zero-order chi connectivity index (χ0) is 19.8. The first-order valence-electron chi connectivity index (χ1n) is 9.52. The Morgan fingerprint density at radius 1 is 1.30 bits per heavy atom. The first-order chi connectivity index (χ1) is 13.0. The molecule has 0 aliphatic carbocycles. The molecule has 0 amide bonds. The number of carbonyl (C=O) groups is 3. The van der Waals surface area contributed by atoms with Crippen molar-refractivity contribution in [3.8, 4) is 0 Å². The van der Waals surface area contributed by atoms with Gasteiger partial charge in [0, 0.05) is 6.54 Å². The molecule has 2 rings (SSSR count). The molecule has 1 aliphatic rings. The van der Waals surface area contributed by atoms with E-state index in [4.69, 9.17) is 5.84 Å². The lowest BCUT2D eigenvalue weighted by molar-refractivity contribution is -0.141. The summed E-state index contributed by atoms with van der Waals surface area (Å²) in [7, 11) is 0. The maximum Gasteiger partial charge on any atom is 0.218 e. The van der Waals surface area contributed by atoms with Crippen LogP contribution in [-0.2, 0) is 20.8 Å². The van der Waals surface area contributed by atoms with E-state index in [-0.39, 0.29) is 6.04 Å². The van der Waals surface area contributed by atoms with Gasteiger partial charge in [0.05, 0.1) is 18.1 Å². The molecule has 3 atom stereocenters. The number of hydrazine groups is 2. The topological polar surface area (TPSA) is 105 Å². The highest BCUT2D eigenvalue weighted by Crippen LogP contribution is 2.18. The van der Waals surface area contributed by atoms with Gasteiger partial charge < -0.3 is 4.79 Å². The minimum Gasteiger partial charge on any atom is -0.302 e. The fourth-order valence-corrected chi connectivity index (χ4v) is 3.47. The monoisotopic (exact) mass is 374 g/mol. The maximum atomic E-state index is 12.8. The van der Waals surface area contributed by atoms with Gasteiger partial charge in [0.25, 0.3) is 0 Å². The van der Waals surface area contributed by atoms with E-state index in [1.807, 2.05) is 44.2 Å². The van der Waals surface area contributed by atoms with E-state index in [1.165, 1.54) is 0 Å². The lowest BCUT2D eigenvalue weighted by atomic mass is 9.96. The van der Waals surface area contributed by atoms with Gasteiger partial charge in [0.15, 0.2) is 0 Å². The van der Waals surface area contributed by atoms with Crippen LogP contribution in [0.1, 0.15) is 38.7 Å². The number of rotatable bonds is 11. The van der Waals surface area contributed by atoms with Gasteiger partial charge in [-0.1, -0.05) is 44.2 Å². The van der Waals surface area contributed by atoms with E-state index in [0.717, 1.165) is 18.3 Å². The number of carbonyl (C=O) groups excluding carboxylic acids is 3. The second-order valence-electron chi connectivity index (χ2n) is 7.49. The summed E-state index contributed by atoms with van der Waals surface area (Å²) in [4.78, 5) is 36.9. The van der Waals surface area contributed by atoms with Crippen LogP contribution in [0.5, 0.6) is 0 Å². The number of ketones is 2. The number of hydrogen-bond acceptors (Lipinski definition) is 7. The molecule has 148 valence electrons. The van der Waals surface area contributed by atoms with Crippen LogP contribution < -0.4 is 16.7 Å². The molecule has 27 heavy (non-hydrogen) atoms. The summed E-state index contributed by atoms with van der Waals surface area (Å²) < 4.78 is 0. The Kier molecular flexibility index (Phi) is 8.24. The highest BCUT2D eigenvalue weighted by molar-refractivity contribution is 6.41. The van der Waals surface area contributed by atoms with Gasteiger partial charge in [0.2, 0.25) is 11.6 Å². The summed E-state index contributed by atoms with van der Waals surface area (Å²) in [6.45, 7) is 4.70. The van der Waals surface area contributed by atoms with Gasteiger partial charge in [-0.15, -0.1) is 0 Å². The van der Waals surface area contributed by atoms with Crippen LogP contribution in [0.3, 0.4) is 0 Å². The van der Waals surface area contributed by atoms with Crippen molar-refractivity contribution in [2.24, 2.45) is 11.8 Å². The third-order valence-electron chi connectivity index (χ3n) is 4.82. The fraction of sp³-hybridized carbons (Fsp3) is 0.550. The summed E-state index contributed by atoms with van der Waals surface area (Å²) in [5.41, 5.74) is 6.54. The molecular weight excluding hydrogens is 344 g/mol. The Balaban J connectivity index is 2.02. The Bertz CT molecular complexity index is 635. The Labute approximate surface area is 160 Å². The molecule has 1 aromatic rings. The zero-order valence-electron chi connectivity index (χ0n) is 16.1. The van der Waals surface area contributed by atoms with Crippen molar-refractivity contribution >= 4 is 17.9 Å². The average molecular weight is 374 g/mol. The maximum absolute atomic E-state index is 12.8. The molecule has 4 N–H and O–H groups in total. The summed E-state index contributed by atoms with van der Waals surface area (Å²) in [6.07, 6.45) is 3.28. The molecule has 1 fully saturated rings. The third kappa shape index (κ3) is 6.04. The first kappa shape index (κ1) is 21.4. The van der Waals surface area contributed by atoms with Crippen LogP contribution >= 0.6 is 0 Å². The quantitative estimate of drug-likeness (QED) is 0.228. The van der Waals surface area contributed by atoms with E-state index in [9.17, 15) is 14.4 Å². The van der Waals surface area contributed by atoms with E-state index in [0.29, 0.717) is 31.7 Å². The zero-order valence-corrected chi connectivity index (χ0v) is 16.1. The smallest absolute Gasteiger partial charge is 0.218 e. The minimum atomic E-state index is -0.764. The van der Waals surface area contributed by atoms with Crippen LogP contribution in [-0.4, -0.2) is 47.5 Å². The third-order valence-corrected chi connectivity index (χ3v) is 4.82. The Morgan fingerprint density at radius 2 is 2.00 bits per heavy atom. The van der Waals surface area contributed by atoms with E-state index >= 15 is 0 Å². The van der Waals surface area contributed by atoms with Crippen LogP contribution in [0.4, 0.5) is 0 Å². The van der Waals surface area contributed by atoms with Crippen molar-refractivity contribution in [1.82, 2.24) is 15.9 Å². The molecule has 0 radical (unpaired) electrons. The molecular formula is C20H30N4O3. The molecule has 7 nitrogen and oxygen atoms in total. The molecule has 0 aromatic heterocycles. The molecule has 0 bridgehead atoms. The van der Waals surface area contributed by atoms with Gasteiger partial charge in [-0.25, -0.2) is 15.9 Å². The van der Waals surface area contributed by atoms with Crippen LogP contribution in [0.25, 0.3) is 0 Å². The number of hydrogen-bond donors (Lipinski definition) is 3. The number of nitrogens with one attached hydrogen (secondary N) is 2. The SMILES string of the molecule is CC(C)C[C@@H](C=O)NN1CCC[C@H]1C(=O)C(=O)[C@H](Cc1ccccc1)NN. The molecule has 0 spiro atoms. The minimum absolute atomic E-state index is 0.350. The molecule has 1 aromatic carbocycles. The summed E-state index contributed by atoms with van der Waals surface area (Å²) in [5.74, 6) is 4.91. The molecule has 1 aliphatic heterocycles. The highest BCUT2D eigenvalue weighted by atomic mass is 16.2. The second kappa shape index (κ2) is 10.4. The van der Waals surface area contributed by atoms with Crippen LogP contribution in [0.15, 0.2) is 30.3 Å². The van der Waals surface area contributed by atoms with E-state index in [1.54, 1.807) is 5.01 Å². The second-order valence-corrected chi connectivity index (χ2v) is 7.49. The van der Waals surface area contributed by atoms with Crippen LogP contribution in [0.2, 0.25) is 0 Å². The first-order valence-corrected chi connectivity index (χ1v) is 9.52. The molecule has 0 unspecified atom stereocenters. The summed E-state index contributed by atoms with van der Waals surface area (Å²) >= 11 is 0. The highest BCUT2D eigenvalue weighted by Gasteiger charge is 2.37. The summed E-state index contributed by atoms with van der Waals surface area (Å²) in [6, 6.07) is 7.76. The fourth-order valence-electron chi connectivity index (χ4n) is 3.47. The normalized spacial score (nSPS) is 19.8. The predicted molar refractivity (Wildman–Crippen MR) is 103 cm³/mol. The van der Waals surface area contributed by atoms with Crippen molar-refractivity contribution in [2.75, 3.05) is 6.54 Å². The number of aldehydes is 1. The van der Waals surface area contributed by atoms with Crippen molar-refractivity contribution in [3.63, 3.8) is 0 Å². The van der Waals surface area contributed by atoms with E-state index in [2.05, 4.69) is 10.9 Å². The molecule has 0 saturated carbocycles. The number of nitrogens with zero attached hydrogens (tertiary/aromatic N) is 1. The van der Waals surface area contributed by atoms with Crippen molar-refractivity contribution < 1.29 is 14.4 Å². The van der Waals surface area contributed by atoms with Crippen molar-refractivity contribution in [2.45, 2.75) is 57.7 Å². The van der Waals surface area contributed by atoms with Crippen LogP contribution in [0, 0.1) is 5.92 Å². The van der Waals surface area contributed by atoms with Crippen molar-refractivity contribution in [3.05, 3.63) is 35.9 Å². The Morgan fingerprint density at radius 3 is 2.59 bits per heavy atom. The lowest BCUT2D eigenvalue weighted by Crippen LogP contribution is -2.55. The molecule has 1 heterocycles. The van der Waals surface area contributed by atoms with E-state index < -0.39 is 23.7 Å². The predicted octanol–water partition coefficient (Wildman–Crippen LogP) is 0.782. The van der Waals surface area contributed by atoms with Gasteiger partial charge in [-0.05, 0) is 37.2 Å². The number of Topliss-reactive ketones (excluding diaryl/α,β-unsaturated/α-hetero) is 2. The largest absolute Gasteiger partial charge is 0.302 e. The molecule has 7 heteroatoms. The van der Waals surface area contributed by atoms with Gasteiger partial charge in [-0.3, -0.25) is 15.4 Å². The molecule has 1 saturated heterocycles. The Hall–Kier alpha value is -1.93. The number of benzene rings is 1. The van der Waals surface area contributed by atoms with Crippen molar-refractivity contribution in [1.29, 1.82) is 0 Å². The summed E-state index contributed by atoms with van der Waals surface area (Å²) in [5, 5.41) is 1.75. The van der Waals surface area contributed by atoms with Gasteiger partial charge in [0.1, 0.15) is 6.29 Å². The number of nitrogens with two attached hydrogens (primary N) is 1.